The summed E-state index contributed by atoms with van der Waals surface area (Å²) in [7, 11) is 0. The van der Waals surface area contributed by atoms with Gasteiger partial charge in [0.1, 0.15) is 5.82 Å². The first kappa shape index (κ1) is 14.9. The van der Waals surface area contributed by atoms with Gasteiger partial charge in [0, 0.05) is 22.7 Å². The molecule has 1 aromatic heterocycles. The third kappa shape index (κ3) is 2.49. The Morgan fingerprint density at radius 1 is 1.00 bits per heavy atom. The van der Waals surface area contributed by atoms with E-state index in [0.717, 1.165) is 41.3 Å². The molecule has 0 fully saturated rings. The number of anilines is 1. The van der Waals surface area contributed by atoms with Gasteiger partial charge in [-0.05, 0) is 36.8 Å². The Morgan fingerprint density at radius 2 is 1.83 bits per heavy atom. The van der Waals surface area contributed by atoms with Crippen molar-refractivity contribution in [1.82, 2.24) is 9.78 Å². The van der Waals surface area contributed by atoms with Gasteiger partial charge in [-0.25, -0.2) is 4.68 Å². The van der Waals surface area contributed by atoms with Crippen molar-refractivity contribution in [3.63, 3.8) is 0 Å². The zero-order valence-corrected chi connectivity index (χ0v) is 14.3. The lowest BCUT2D eigenvalue weighted by atomic mass is 10.1. The fourth-order valence-electron chi connectivity index (χ4n) is 2.87. The monoisotopic (exact) mass is 363 g/mol. The van der Waals surface area contributed by atoms with E-state index in [1.54, 1.807) is 12.1 Å². The molecule has 1 N–H and O–H groups in total. The Bertz CT molecular complexity index is 902. The standard InChI is InChI=1S/C17H12Cl3N3/c18-10-5-6-13(19)12(9-10)16-11-7-8-21-17(11)23(22-16)15-4-2-1-3-14(15)20/h1-6,9,21H,7-8H2. The first-order chi connectivity index (χ1) is 11.1. The summed E-state index contributed by atoms with van der Waals surface area (Å²) in [5.41, 5.74) is 3.65. The predicted octanol–water partition coefficient (Wildman–Crippen LogP) is 5.47. The van der Waals surface area contributed by atoms with Gasteiger partial charge in [0.25, 0.3) is 0 Å². The van der Waals surface area contributed by atoms with E-state index in [4.69, 9.17) is 39.9 Å². The van der Waals surface area contributed by atoms with E-state index in [1.165, 1.54) is 0 Å². The van der Waals surface area contributed by atoms with E-state index in [0.29, 0.717) is 15.1 Å². The van der Waals surface area contributed by atoms with E-state index >= 15 is 0 Å². The van der Waals surface area contributed by atoms with Crippen LogP contribution in [0.15, 0.2) is 42.5 Å². The number of aromatic nitrogens is 2. The van der Waals surface area contributed by atoms with Crippen molar-refractivity contribution >= 4 is 40.6 Å². The zero-order chi connectivity index (χ0) is 16.0. The highest BCUT2D eigenvalue weighted by molar-refractivity contribution is 6.35. The van der Waals surface area contributed by atoms with Gasteiger partial charge in [0.15, 0.2) is 0 Å². The highest BCUT2D eigenvalue weighted by Gasteiger charge is 2.25. The average molecular weight is 365 g/mol. The number of hydrogen-bond acceptors (Lipinski definition) is 2. The first-order valence-electron chi connectivity index (χ1n) is 7.21. The van der Waals surface area contributed by atoms with Gasteiger partial charge in [-0.3, -0.25) is 0 Å². The summed E-state index contributed by atoms with van der Waals surface area (Å²) in [4.78, 5) is 0. The highest BCUT2D eigenvalue weighted by atomic mass is 35.5. The maximum absolute atomic E-state index is 6.36. The molecule has 6 heteroatoms. The minimum absolute atomic E-state index is 0.632. The number of nitrogens with zero attached hydrogens (tertiary/aromatic N) is 2. The van der Waals surface area contributed by atoms with Crippen LogP contribution < -0.4 is 5.32 Å². The molecule has 0 atom stereocenters. The second-order valence-corrected chi connectivity index (χ2v) is 6.59. The number of rotatable bonds is 2. The summed E-state index contributed by atoms with van der Waals surface area (Å²) in [6.45, 7) is 0.864. The third-order valence-electron chi connectivity index (χ3n) is 3.92. The molecule has 0 saturated heterocycles. The largest absolute Gasteiger partial charge is 0.369 e. The van der Waals surface area contributed by atoms with Gasteiger partial charge >= 0.3 is 0 Å². The van der Waals surface area contributed by atoms with Crippen LogP contribution in [0.1, 0.15) is 5.56 Å². The Morgan fingerprint density at radius 3 is 2.65 bits per heavy atom. The van der Waals surface area contributed by atoms with Crippen LogP contribution in [-0.2, 0) is 6.42 Å². The molecule has 0 amide bonds. The maximum Gasteiger partial charge on any atom is 0.133 e. The highest BCUT2D eigenvalue weighted by Crippen LogP contribution is 2.39. The zero-order valence-electron chi connectivity index (χ0n) is 12.0. The smallest absolute Gasteiger partial charge is 0.133 e. The molecule has 1 aliphatic heterocycles. The second kappa shape index (κ2) is 5.75. The molecule has 4 rings (SSSR count). The van der Waals surface area contributed by atoms with Gasteiger partial charge in [0.2, 0.25) is 0 Å². The lowest BCUT2D eigenvalue weighted by Gasteiger charge is -2.08. The summed E-state index contributed by atoms with van der Waals surface area (Å²) in [5.74, 6) is 0.962. The van der Waals surface area contributed by atoms with Crippen molar-refractivity contribution in [2.24, 2.45) is 0 Å². The lowest BCUT2D eigenvalue weighted by molar-refractivity contribution is 0.882. The first-order valence-corrected chi connectivity index (χ1v) is 8.34. The molecule has 2 heterocycles. The van der Waals surface area contributed by atoms with Gasteiger partial charge < -0.3 is 5.32 Å². The van der Waals surface area contributed by atoms with Crippen LogP contribution in [0.2, 0.25) is 15.1 Å². The molecule has 3 nitrogen and oxygen atoms in total. The predicted molar refractivity (Wildman–Crippen MR) is 96.2 cm³/mol. The molecule has 0 spiro atoms. The van der Waals surface area contributed by atoms with Crippen molar-refractivity contribution in [1.29, 1.82) is 0 Å². The fraction of sp³-hybridized carbons (Fsp3) is 0.118. The van der Waals surface area contributed by atoms with Gasteiger partial charge in [-0.1, -0.05) is 46.9 Å². The van der Waals surface area contributed by atoms with Crippen LogP contribution >= 0.6 is 34.8 Å². The van der Waals surface area contributed by atoms with Crippen LogP contribution in [0.4, 0.5) is 5.82 Å². The van der Waals surface area contributed by atoms with Crippen molar-refractivity contribution < 1.29 is 0 Å². The molecule has 0 bridgehead atoms. The second-order valence-electron chi connectivity index (χ2n) is 5.34. The quantitative estimate of drug-likeness (QED) is 0.653. The number of halogens is 3. The summed E-state index contributed by atoms with van der Waals surface area (Å²) in [6.07, 6.45) is 0.887. The lowest BCUT2D eigenvalue weighted by Crippen LogP contribution is -2.04. The molecule has 2 aromatic carbocycles. The molecule has 116 valence electrons. The minimum Gasteiger partial charge on any atom is -0.369 e. The Kier molecular flexibility index (Phi) is 3.72. The molecular weight excluding hydrogens is 353 g/mol. The van der Waals surface area contributed by atoms with E-state index < -0.39 is 0 Å². The molecule has 3 aromatic rings. The Labute approximate surface area is 148 Å². The van der Waals surface area contributed by atoms with Crippen LogP contribution in [0.5, 0.6) is 0 Å². The SMILES string of the molecule is Clc1ccc(Cl)c(-c2nn(-c3ccccc3Cl)c3c2CCN3)c1. The molecular formula is C17H12Cl3N3. The van der Waals surface area contributed by atoms with Crippen LogP contribution in [0.3, 0.4) is 0 Å². The summed E-state index contributed by atoms with van der Waals surface area (Å²) < 4.78 is 1.84. The van der Waals surface area contributed by atoms with Crippen molar-refractivity contribution in [2.45, 2.75) is 6.42 Å². The molecule has 23 heavy (non-hydrogen) atoms. The summed E-state index contributed by atoms with van der Waals surface area (Å²) in [5, 5.41) is 10.1. The minimum atomic E-state index is 0.632. The van der Waals surface area contributed by atoms with E-state index in [9.17, 15) is 0 Å². The average Bonchev–Trinajstić information content (AvgIpc) is 3.13. The van der Waals surface area contributed by atoms with Crippen LogP contribution in [0.25, 0.3) is 16.9 Å². The molecule has 0 radical (unpaired) electrons. The summed E-state index contributed by atoms with van der Waals surface area (Å²) in [6, 6.07) is 13.1. The third-order valence-corrected chi connectivity index (χ3v) is 4.80. The number of nitrogens with one attached hydrogen (secondary N) is 1. The molecule has 1 aliphatic rings. The topological polar surface area (TPSA) is 29.9 Å². The van der Waals surface area contributed by atoms with Crippen LogP contribution in [0, 0.1) is 0 Å². The molecule has 0 aliphatic carbocycles. The normalized spacial score (nSPS) is 13.0. The van der Waals surface area contributed by atoms with Gasteiger partial charge in [-0.15, -0.1) is 0 Å². The van der Waals surface area contributed by atoms with E-state index in [1.807, 2.05) is 35.0 Å². The van der Waals surface area contributed by atoms with Crippen molar-refractivity contribution in [3.8, 4) is 16.9 Å². The Hall–Kier alpha value is -1.68. The maximum atomic E-state index is 6.36. The van der Waals surface area contributed by atoms with E-state index in [2.05, 4.69) is 5.32 Å². The van der Waals surface area contributed by atoms with Crippen molar-refractivity contribution in [2.75, 3.05) is 11.9 Å². The number of para-hydroxylation sites is 1. The molecule has 0 saturated carbocycles. The number of fused-ring (bicyclic) bond motifs is 1. The number of hydrogen-bond donors (Lipinski definition) is 1. The van der Waals surface area contributed by atoms with E-state index in [-0.39, 0.29) is 0 Å². The molecule has 0 unspecified atom stereocenters. The Balaban J connectivity index is 1.96. The summed E-state index contributed by atoms with van der Waals surface area (Å²) >= 11 is 18.8. The van der Waals surface area contributed by atoms with Crippen LogP contribution in [-0.4, -0.2) is 16.3 Å². The fourth-order valence-corrected chi connectivity index (χ4v) is 3.46. The van der Waals surface area contributed by atoms with Crippen molar-refractivity contribution in [3.05, 3.63) is 63.1 Å². The number of benzene rings is 2. The van der Waals surface area contributed by atoms with Gasteiger partial charge in [0.05, 0.1) is 21.4 Å². The van der Waals surface area contributed by atoms with Gasteiger partial charge in [-0.2, -0.15) is 5.10 Å².